The second-order valence-corrected chi connectivity index (χ2v) is 6.92. The van der Waals surface area contributed by atoms with Crippen LogP contribution in [0.25, 0.3) is 0 Å². The van der Waals surface area contributed by atoms with Crippen LogP contribution in [-0.2, 0) is 35.2 Å². The molecule has 0 saturated heterocycles. The number of aromatic nitrogens is 2. The minimum Gasteiger partial charge on any atom is -0.335 e. The number of amides is 2. The Hall–Kier alpha value is -3.68. The summed E-state index contributed by atoms with van der Waals surface area (Å²) in [6.45, 7) is 2.52. The molecule has 32 heavy (non-hydrogen) atoms. The van der Waals surface area contributed by atoms with Gasteiger partial charge in [-0.15, -0.1) is 0 Å². The van der Waals surface area contributed by atoms with Crippen molar-refractivity contribution in [1.82, 2.24) is 14.7 Å². The number of hydrogen-bond acceptors (Lipinski definition) is 5. The number of alkyl halides is 3. The highest BCUT2D eigenvalue weighted by molar-refractivity contribution is 5.95. The fourth-order valence-electron chi connectivity index (χ4n) is 3.12. The lowest BCUT2D eigenvalue weighted by Gasteiger charge is -2.19. The van der Waals surface area contributed by atoms with Crippen LogP contribution in [0.1, 0.15) is 36.2 Å². The Morgan fingerprint density at radius 1 is 1.22 bits per heavy atom. The Labute approximate surface area is 182 Å². The highest BCUT2D eigenvalue weighted by atomic mass is 19.4. The van der Waals surface area contributed by atoms with E-state index in [9.17, 15) is 32.8 Å². The van der Waals surface area contributed by atoms with E-state index < -0.39 is 47.9 Å². The molecule has 0 unspecified atom stereocenters. The number of nitriles is 1. The Bertz CT molecular complexity index is 1120. The smallest absolute Gasteiger partial charge is 0.335 e. The summed E-state index contributed by atoms with van der Waals surface area (Å²) in [6, 6.07) is 6.34. The van der Waals surface area contributed by atoms with Crippen molar-refractivity contribution in [2.24, 2.45) is 0 Å². The molecule has 0 aliphatic rings. The quantitative estimate of drug-likeness (QED) is 0.698. The van der Waals surface area contributed by atoms with Crippen LogP contribution in [0.2, 0.25) is 0 Å². The van der Waals surface area contributed by atoms with Crippen LogP contribution >= 0.6 is 0 Å². The van der Waals surface area contributed by atoms with Crippen molar-refractivity contribution in [2.45, 2.75) is 39.4 Å². The summed E-state index contributed by atoms with van der Waals surface area (Å²) in [7, 11) is 1.27. The van der Waals surface area contributed by atoms with Crippen LogP contribution in [0, 0.1) is 11.3 Å². The van der Waals surface area contributed by atoms with Gasteiger partial charge in [0.1, 0.15) is 18.2 Å². The second kappa shape index (κ2) is 10.1. The van der Waals surface area contributed by atoms with Gasteiger partial charge in [0.05, 0.1) is 23.5 Å². The van der Waals surface area contributed by atoms with Crippen LogP contribution in [0.3, 0.4) is 0 Å². The molecule has 2 amide bonds. The van der Waals surface area contributed by atoms with E-state index in [0.717, 1.165) is 21.7 Å². The summed E-state index contributed by atoms with van der Waals surface area (Å²) in [5.74, 6) is -1.51. The number of para-hydroxylation sites is 1. The Kier molecular flexibility index (Phi) is 7.75. The molecule has 2 aromatic rings. The Morgan fingerprint density at radius 3 is 2.44 bits per heavy atom. The summed E-state index contributed by atoms with van der Waals surface area (Å²) < 4.78 is 40.1. The van der Waals surface area contributed by atoms with Gasteiger partial charge in [-0.3, -0.25) is 14.4 Å². The number of nitrogens with zero attached hydrogens (tertiary/aromatic N) is 4. The van der Waals surface area contributed by atoms with E-state index >= 15 is 0 Å². The van der Waals surface area contributed by atoms with Gasteiger partial charge in [-0.1, -0.05) is 26.0 Å². The monoisotopic (exact) mass is 449 g/mol. The highest BCUT2D eigenvalue weighted by Gasteiger charge is 2.33. The normalized spacial score (nSPS) is 11.0. The number of likely N-dealkylation sites (N-methyl/N-ethyl adjacent to an activating group) is 1. The second-order valence-electron chi connectivity index (χ2n) is 6.92. The molecule has 170 valence electrons. The van der Waals surface area contributed by atoms with Crippen molar-refractivity contribution in [1.29, 1.82) is 5.26 Å². The molecule has 1 aromatic carbocycles. The maximum Gasteiger partial charge on any atom is 0.418 e. The first-order chi connectivity index (χ1) is 15.0. The van der Waals surface area contributed by atoms with Gasteiger partial charge in [-0.05, 0) is 30.5 Å². The minimum absolute atomic E-state index is 0.0868. The SMILES string of the molecule is CCc1nn(CC(=O)N(C)CC(=O)Nc2ccccc2C(F)(F)F)c(=O)c(C#N)c1CC. The lowest BCUT2D eigenvalue weighted by atomic mass is 10.0. The number of benzene rings is 1. The van der Waals surface area contributed by atoms with E-state index in [0.29, 0.717) is 24.1 Å². The lowest BCUT2D eigenvalue weighted by molar-refractivity contribution is -0.137. The van der Waals surface area contributed by atoms with Crippen molar-refractivity contribution >= 4 is 17.5 Å². The van der Waals surface area contributed by atoms with Crippen LogP contribution in [0.15, 0.2) is 29.1 Å². The lowest BCUT2D eigenvalue weighted by Crippen LogP contribution is -2.40. The number of nitrogens with one attached hydrogen (secondary N) is 1. The molecule has 0 aliphatic carbocycles. The average molecular weight is 449 g/mol. The van der Waals surface area contributed by atoms with E-state index in [-0.39, 0.29) is 5.56 Å². The van der Waals surface area contributed by atoms with Gasteiger partial charge >= 0.3 is 6.18 Å². The van der Waals surface area contributed by atoms with Crippen molar-refractivity contribution in [3.8, 4) is 6.07 Å². The van der Waals surface area contributed by atoms with Crippen LogP contribution < -0.4 is 10.9 Å². The van der Waals surface area contributed by atoms with Crippen molar-refractivity contribution in [3.63, 3.8) is 0 Å². The molecule has 0 bridgehead atoms. The van der Waals surface area contributed by atoms with Gasteiger partial charge in [0.25, 0.3) is 5.56 Å². The standard InChI is InChI=1S/C21H22F3N5O3/c1-4-13-14(10-25)20(32)29(27-16(13)5-2)12-19(31)28(3)11-18(30)26-17-9-7-6-8-15(17)21(22,23)24/h6-9H,4-5,11-12H2,1-3H3,(H,26,30). The van der Waals surface area contributed by atoms with E-state index in [1.54, 1.807) is 13.8 Å². The number of hydrogen-bond donors (Lipinski definition) is 1. The first-order valence-corrected chi connectivity index (χ1v) is 9.76. The molecule has 1 heterocycles. The molecule has 0 atom stereocenters. The van der Waals surface area contributed by atoms with Gasteiger partial charge < -0.3 is 10.2 Å². The number of halogens is 3. The van der Waals surface area contributed by atoms with Gasteiger partial charge in [-0.25, -0.2) is 4.68 Å². The maximum absolute atomic E-state index is 13.1. The molecule has 2 rings (SSSR count). The predicted molar refractivity (Wildman–Crippen MR) is 110 cm³/mol. The molecule has 0 fully saturated rings. The van der Waals surface area contributed by atoms with Gasteiger partial charge in [0.2, 0.25) is 11.8 Å². The molecule has 11 heteroatoms. The van der Waals surface area contributed by atoms with Crippen LogP contribution in [0.5, 0.6) is 0 Å². The van der Waals surface area contributed by atoms with E-state index in [4.69, 9.17) is 0 Å². The number of rotatable bonds is 7. The zero-order valence-corrected chi connectivity index (χ0v) is 17.8. The molecule has 1 N–H and O–H groups in total. The predicted octanol–water partition coefficient (Wildman–Crippen LogP) is 2.36. The van der Waals surface area contributed by atoms with Crippen molar-refractivity contribution in [2.75, 3.05) is 18.9 Å². The zero-order chi connectivity index (χ0) is 24.1. The third kappa shape index (κ3) is 5.51. The largest absolute Gasteiger partial charge is 0.418 e. The molecule has 1 aromatic heterocycles. The maximum atomic E-state index is 13.1. The fraction of sp³-hybridized carbons (Fsp3) is 0.381. The van der Waals surface area contributed by atoms with Crippen LogP contribution in [0.4, 0.5) is 18.9 Å². The van der Waals surface area contributed by atoms with E-state index in [1.807, 2.05) is 6.07 Å². The van der Waals surface area contributed by atoms with Gasteiger partial charge in [0.15, 0.2) is 0 Å². The first kappa shape index (κ1) is 24.6. The Balaban J connectivity index is 2.16. The van der Waals surface area contributed by atoms with Crippen molar-refractivity contribution < 1.29 is 22.8 Å². The van der Waals surface area contributed by atoms with Crippen molar-refractivity contribution in [3.05, 3.63) is 57.0 Å². The summed E-state index contributed by atoms with van der Waals surface area (Å²) in [5, 5.41) is 15.6. The minimum atomic E-state index is -4.65. The first-order valence-electron chi connectivity index (χ1n) is 9.76. The molecule has 0 spiro atoms. The van der Waals surface area contributed by atoms with Gasteiger partial charge in [-0.2, -0.15) is 23.5 Å². The topological polar surface area (TPSA) is 108 Å². The molecule has 0 saturated carbocycles. The number of carbonyl (C=O) groups is 2. The van der Waals surface area contributed by atoms with E-state index in [2.05, 4.69) is 10.4 Å². The summed E-state index contributed by atoms with van der Waals surface area (Å²) in [4.78, 5) is 38.2. The third-order valence-corrected chi connectivity index (χ3v) is 4.74. The zero-order valence-electron chi connectivity index (χ0n) is 17.8. The summed E-state index contributed by atoms with van der Waals surface area (Å²) in [6.07, 6.45) is -3.77. The number of carbonyl (C=O) groups excluding carboxylic acids is 2. The average Bonchev–Trinajstić information content (AvgIpc) is 2.73. The third-order valence-electron chi connectivity index (χ3n) is 4.74. The highest BCUT2D eigenvalue weighted by Crippen LogP contribution is 2.34. The molecule has 0 aliphatic heterocycles. The van der Waals surface area contributed by atoms with E-state index in [1.165, 1.54) is 19.2 Å². The van der Waals surface area contributed by atoms with Gasteiger partial charge in [0, 0.05) is 7.05 Å². The molecular weight excluding hydrogens is 427 g/mol. The number of aryl methyl sites for hydroxylation is 1. The number of anilines is 1. The summed E-state index contributed by atoms with van der Waals surface area (Å²) in [5.41, 5.74) is -1.20. The molecule has 8 nitrogen and oxygen atoms in total. The summed E-state index contributed by atoms with van der Waals surface area (Å²) >= 11 is 0. The Morgan fingerprint density at radius 2 is 1.88 bits per heavy atom. The van der Waals surface area contributed by atoms with Crippen LogP contribution in [-0.4, -0.2) is 40.1 Å². The molecular formula is C21H22F3N5O3. The fourth-order valence-corrected chi connectivity index (χ4v) is 3.12. The molecule has 0 radical (unpaired) electrons.